The van der Waals surface area contributed by atoms with Crippen LogP contribution < -0.4 is 24.4 Å². The molecule has 2 aromatic carbocycles. The molecule has 0 atom stereocenters. The molecule has 1 amide bonds. The number of pyridine rings is 2. The molecule has 3 aromatic heterocycles. The van der Waals surface area contributed by atoms with Crippen molar-refractivity contribution in [3.63, 3.8) is 0 Å². The Morgan fingerprint density at radius 3 is 2.26 bits per heavy atom. The van der Waals surface area contributed by atoms with E-state index >= 15 is 0 Å². The Morgan fingerprint density at radius 2 is 1.63 bits per heavy atom. The van der Waals surface area contributed by atoms with Gasteiger partial charge in [-0.25, -0.2) is 4.98 Å². The smallest absolute Gasteiger partial charge is 0.247 e. The first-order chi connectivity index (χ1) is 22.3. The second kappa shape index (κ2) is 13.1. The lowest BCUT2D eigenvalue weighted by molar-refractivity contribution is -0.111. The number of hydrogen-bond donors (Lipinski definition) is 1. The van der Waals surface area contributed by atoms with Gasteiger partial charge in [0, 0.05) is 79.0 Å². The summed E-state index contributed by atoms with van der Waals surface area (Å²) in [6.45, 7) is 10.3. The molecule has 10 nitrogen and oxygen atoms in total. The number of fused-ring (bicyclic) bond motifs is 3. The molecule has 0 bridgehead atoms. The van der Waals surface area contributed by atoms with Crippen LogP contribution in [0.5, 0.6) is 17.2 Å². The first-order valence-corrected chi connectivity index (χ1v) is 15.6. The van der Waals surface area contributed by atoms with Crippen molar-refractivity contribution in [3.8, 4) is 39.6 Å². The lowest BCUT2D eigenvalue weighted by Gasteiger charge is -2.36. The number of methoxy groups -OCH3 is 3. The van der Waals surface area contributed by atoms with Crippen LogP contribution in [-0.2, 0) is 4.79 Å². The Bertz CT molecular complexity index is 1940. The van der Waals surface area contributed by atoms with Crippen molar-refractivity contribution in [2.45, 2.75) is 6.92 Å². The van der Waals surface area contributed by atoms with Gasteiger partial charge in [0.25, 0.3) is 0 Å². The summed E-state index contributed by atoms with van der Waals surface area (Å²) in [6.07, 6.45) is 6.64. The number of halogens is 2. The van der Waals surface area contributed by atoms with E-state index in [2.05, 4.69) is 33.6 Å². The third-order valence-electron chi connectivity index (χ3n) is 8.39. The number of amides is 1. The molecular weight excluding hydrogens is 627 g/mol. The van der Waals surface area contributed by atoms with Crippen LogP contribution in [0.15, 0.2) is 61.6 Å². The highest BCUT2D eigenvalue weighted by molar-refractivity contribution is 6.41. The van der Waals surface area contributed by atoms with Crippen LogP contribution in [-0.4, -0.2) is 79.2 Å². The summed E-state index contributed by atoms with van der Waals surface area (Å²) in [4.78, 5) is 26.7. The van der Waals surface area contributed by atoms with E-state index in [1.807, 2.05) is 34.9 Å². The molecule has 12 heteroatoms. The van der Waals surface area contributed by atoms with Crippen molar-refractivity contribution >= 4 is 57.0 Å². The van der Waals surface area contributed by atoms with Gasteiger partial charge in [-0.1, -0.05) is 36.7 Å². The maximum absolute atomic E-state index is 12.5. The van der Waals surface area contributed by atoms with Crippen LogP contribution in [0.25, 0.3) is 38.9 Å². The molecule has 0 radical (unpaired) electrons. The van der Waals surface area contributed by atoms with Crippen molar-refractivity contribution in [1.29, 1.82) is 0 Å². The molecule has 0 saturated carbocycles. The number of nitrogens with one attached hydrogen (secondary N) is 1. The minimum absolute atomic E-state index is 0.296. The zero-order valence-electron chi connectivity index (χ0n) is 26.1. The van der Waals surface area contributed by atoms with Gasteiger partial charge in [0.1, 0.15) is 22.9 Å². The standard InChI is InChI=1S/C34H34Cl2N6O4/c1-6-30(43)39-24-15-21(27(44-3)17-26(24)41-12-10-40(7-2)11-13-41)23-16-25-20(19-38-23)14-22(34-37-8-9-42(25)34)31-32(35)28(45-4)18-29(46-5)33(31)36/h6,8-9,14-19H,1,7,10-13H2,2-5H3,(H,39,43). The fourth-order valence-electron chi connectivity index (χ4n) is 5.93. The molecule has 238 valence electrons. The van der Waals surface area contributed by atoms with E-state index in [1.165, 1.54) is 20.3 Å². The van der Waals surface area contributed by atoms with Gasteiger partial charge in [-0.15, -0.1) is 0 Å². The van der Waals surface area contributed by atoms with Gasteiger partial charge >= 0.3 is 0 Å². The summed E-state index contributed by atoms with van der Waals surface area (Å²) in [5.74, 6) is 1.20. The highest BCUT2D eigenvalue weighted by Crippen LogP contribution is 2.48. The van der Waals surface area contributed by atoms with E-state index in [0.29, 0.717) is 55.4 Å². The van der Waals surface area contributed by atoms with Gasteiger partial charge in [0.15, 0.2) is 0 Å². The molecule has 0 spiro atoms. The Hall–Kier alpha value is -4.51. The van der Waals surface area contributed by atoms with E-state index in [4.69, 9.17) is 42.4 Å². The summed E-state index contributed by atoms with van der Waals surface area (Å²) in [6, 6.07) is 9.46. The second-order valence-electron chi connectivity index (χ2n) is 10.8. The third kappa shape index (κ3) is 5.57. The maximum atomic E-state index is 12.5. The van der Waals surface area contributed by atoms with Gasteiger partial charge in [-0.3, -0.25) is 14.2 Å². The normalized spacial score (nSPS) is 13.7. The molecule has 1 aliphatic rings. The van der Waals surface area contributed by atoms with Gasteiger partial charge < -0.3 is 29.3 Å². The van der Waals surface area contributed by atoms with Gasteiger partial charge in [0.2, 0.25) is 5.91 Å². The second-order valence-corrected chi connectivity index (χ2v) is 11.5. The molecule has 1 saturated heterocycles. The van der Waals surface area contributed by atoms with Crippen LogP contribution in [0.1, 0.15) is 6.92 Å². The van der Waals surface area contributed by atoms with E-state index in [1.54, 1.807) is 25.6 Å². The molecule has 1 fully saturated rings. The summed E-state index contributed by atoms with van der Waals surface area (Å²) >= 11 is 13.6. The fraction of sp³-hybridized carbons (Fsp3) is 0.265. The number of nitrogens with zero attached hydrogens (tertiary/aromatic N) is 5. The number of benzene rings is 2. The number of likely N-dealkylation sites (N-methyl/N-ethyl adjacent to an activating group) is 1. The molecule has 0 aliphatic carbocycles. The van der Waals surface area contributed by atoms with Crippen LogP contribution in [0, 0.1) is 0 Å². The first kappa shape index (κ1) is 31.5. The van der Waals surface area contributed by atoms with Crippen molar-refractivity contribution in [3.05, 3.63) is 71.6 Å². The van der Waals surface area contributed by atoms with Crippen LogP contribution in [0.2, 0.25) is 10.0 Å². The summed E-state index contributed by atoms with van der Waals surface area (Å²) in [5, 5.41) is 4.52. The average Bonchev–Trinajstić information content (AvgIpc) is 3.59. The number of carbonyl (C=O) groups excluding carboxylic acids is 1. The molecule has 46 heavy (non-hydrogen) atoms. The van der Waals surface area contributed by atoms with Gasteiger partial charge in [0.05, 0.1) is 54.0 Å². The topological polar surface area (TPSA) is 93.5 Å². The fourth-order valence-corrected chi connectivity index (χ4v) is 6.64. The Kier molecular flexibility index (Phi) is 8.95. The maximum Gasteiger partial charge on any atom is 0.247 e. The van der Waals surface area contributed by atoms with Crippen molar-refractivity contribution in [2.24, 2.45) is 0 Å². The number of ether oxygens (including phenoxy) is 3. The predicted octanol–water partition coefficient (Wildman–Crippen LogP) is 6.82. The van der Waals surface area contributed by atoms with Crippen molar-refractivity contribution in [1.82, 2.24) is 19.3 Å². The lowest BCUT2D eigenvalue weighted by atomic mass is 10.0. The largest absolute Gasteiger partial charge is 0.496 e. The minimum Gasteiger partial charge on any atom is -0.496 e. The number of piperazine rings is 1. The number of anilines is 2. The number of imidazole rings is 1. The lowest BCUT2D eigenvalue weighted by Crippen LogP contribution is -2.46. The molecule has 6 rings (SSSR count). The van der Waals surface area contributed by atoms with Gasteiger partial charge in [-0.2, -0.15) is 0 Å². The van der Waals surface area contributed by atoms with E-state index in [9.17, 15) is 4.79 Å². The number of hydrogen-bond acceptors (Lipinski definition) is 8. The zero-order valence-corrected chi connectivity index (χ0v) is 27.6. The van der Waals surface area contributed by atoms with Crippen molar-refractivity contribution in [2.75, 3.05) is 64.3 Å². The highest BCUT2D eigenvalue weighted by atomic mass is 35.5. The summed E-state index contributed by atoms with van der Waals surface area (Å²) < 4.78 is 18.9. The quantitative estimate of drug-likeness (QED) is 0.172. The third-order valence-corrected chi connectivity index (χ3v) is 9.14. The molecule has 4 heterocycles. The molecule has 5 aromatic rings. The van der Waals surface area contributed by atoms with Crippen LogP contribution in [0.4, 0.5) is 11.4 Å². The SMILES string of the molecule is C=CC(=O)Nc1cc(-c2cc3c(cn2)cc(-c2c(Cl)c(OC)cc(OC)c2Cl)c2nccn23)c(OC)cc1N1CCN(CC)CC1. The first-order valence-electron chi connectivity index (χ1n) is 14.8. The van der Waals surface area contributed by atoms with E-state index in [0.717, 1.165) is 54.9 Å². The van der Waals surface area contributed by atoms with E-state index in [-0.39, 0.29) is 5.91 Å². The average molecular weight is 662 g/mol. The van der Waals surface area contributed by atoms with Gasteiger partial charge in [-0.05, 0) is 30.8 Å². The molecule has 1 N–H and O–H groups in total. The number of aromatic nitrogens is 3. The zero-order chi connectivity index (χ0) is 32.5. The number of carbonyl (C=O) groups is 1. The Labute approximate surface area is 277 Å². The summed E-state index contributed by atoms with van der Waals surface area (Å²) in [7, 11) is 4.71. The van der Waals surface area contributed by atoms with Crippen LogP contribution >= 0.6 is 23.2 Å². The Morgan fingerprint density at radius 1 is 0.935 bits per heavy atom. The molecular formula is C34H34Cl2N6O4. The molecule has 1 aliphatic heterocycles. The van der Waals surface area contributed by atoms with Crippen molar-refractivity contribution < 1.29 is 19.0 Å². The van der Waals surface area contributed by atoms with Crippen LogP contribution in [0.3, 0.4) is 0 Å². The summed E-state index contributed by atoms with van der Waals surface area (Å²) in [5.41, 5.74) is 5.64. The minimum atomic E-state index is -0.296. The molecule has 0 unspecified atom stereocenters. The highest BCUT2D eigenvalue weighted by Gasteiger charge is 2.24. The number of rotatable bonds is 9. The Balaban J connectivity index is 1.50. The monoisotopic (exact) mass is 660 g/mol. The predicted molar refractivity (Wildman–Crippen MR) is 184 cm³/mol. The van der Waals surface area contributed by atoms with E-state index < -0.39 is 0 Å².